The van der Waals surface area contributed by atoms with Crippen molar-refractivity contribution >= 4 is 34.5 Å². The third-order valence-electron chi connectivity index (χ3n) is 5.49. The standard InChI is InChI=1S/C25H19N3O4/c1-15-6-2-3-7-17(15)23-27-20-11-10-16(14-21(20)32-23)26-22(29)12-13-28-24(30)18-8-4-5-9-19(18)25(28)31/h2-11,14H,12-13H2,1H3,(H,26,29). The lowest BCUT2D eigenvalue weighted by atomic mass is 10.1. The molecule has 0 fully saturated rings. The molecule has 3 amide bonds. The molecule has 1 N–H and O–H groups in total. The van der Waals surface area contributed by atoms with Gasteiger partial charge in [-0.15, -0.1) is 0 Å². The van der Waals surface area contributed by atoms with Crippen LogP contribution in [-0.2, 0) is 4.79 Å². The number of amides is 3. The lowest BCUT2D eigenvalue weighted by molar-refractivity contribution is -0.116. The zero-order valence-electron chi connectivity index (χ0n) is 17.3. The topological polar surface area (TPSA) is 92.5 Å². The van der Waals surface area contributed by atoms with Gasteiger partial charge in [-0.1, -0.05) is 30.3 Å². The molecule has 0 saturated carbocycles. The highest BCUT2D eigenvalue weighted by Crippen LogP contribution is 2.28. The van der Waals surface area contributed by atoms with Crippen LogP contribution in [0.3, 0.4) is 0 Å². The molecule has 7 nitrogen and oxygen atoms in total. The quantitative estimate of drug-likeness (QED) is 0.478. The van der Waals surface area contributed by atoms with Crippen LogP contribution in [0.1, 0.15) is 32.7 Å². The van der Waals surface area contributed by atoms with Crippen LogP contribution in [0.5, 0.6) is 0 Å². The van der Waals surface area contributed by atoms with E-state index in [0.717, 1.165) is 16.0 Å². The summed E-state index contributed by atoms with van der Waals surface area (Å²) in [7, 11) is 0. The van der Waals surface area contributed by atoms with Gasteiger partial charge in [-0.3, -0.25) is 19.3 Å². The lowest BCUT2D eigenvalue weighted by Gasteiger charge is -2.13. The molecule has 1 aliphatic rings. The highest BCUT2D eigenvalue weighted by atomic mass is 16.3. The zero-order chi connectivity index (χ0) is 22.2. The number of aryl methyl sites for hydroxylation is 1. The minimum Gasteiger partial charge on any atom is -0.436 e. The van der Waals surface area contributed by atoms with E-state index >= 15 is 0 Å². The largest absolute Gasteiger partial charge is 0.436 e. The van der Waals surface area contributed by atoms with Crippen molar-refractivity contribution in [1.82, 2.24) is 9.88 Å². The summed E-state index contributed by atoms with van der Waals surface area (Å²) in [5.41, 5.74) is 4.51. The maximum atomic E-state index is 12.5. The first-order chi connectivity index (χ1) is 15.5. The minimum absolute atomic E-state index is 0.00558. The summed E-state index contributed by atoms with van der Waals surface area (Å²) < 4.78 is 5.90. The fourth-order valence-corrected chi connectivity index (χ4v) is 3.81. The van der Waals surface area contributed by atoms with Crippen LogP contribution < -0.4 is 5.32 Å². The summed E-state index contributed by atoms with van der Waals surface area (Å²) in [4.78, 5) is 42.9. The van der Waals surface area contributed by atoms with Crippen molar-refractivity contribution in [2.24, 2.45) is 0 Å². The molecule has 3 aromatic carbocycles. The van der Waals surface area contributed by atoms with E-state index < -0.39 is 0 Å². The Balaban J connectivity index is 1.27. The summed E-state index contributed by atoms with van der Waals surface area (Å²) in [5.74, 6) is -0.526. The number of aromatic nitrogens is 1. The van der Waals surface area contributed by atoms with Crippen LogP contribution in [0.15, 0.2) is 71.1 Å². The van der Waals surface area contributed by atoms with Gasteiger partial charge < -0.3 is 9.73 Å². The molecule has 1 aromatic heterocycles. The predicted octanol–water partition coefficient (Wildman–Crippen LogP) is 4.43. The molecule has 0 unspecified atom stereocenters. The van der Waals surface area contributed by atoms with Gasteiger partial charge in [0.05, 0.1) is 11.1 Å². The predicted molar refractivity (Wildman–Crippen MR) is 119 cm³/mol. The SMILES string of the molecule is Cc1ccccc1-c1nc2ccc(NC(=O)CCN3C(=O)c4ccccc4C3=O)cc2o1. The molecule has 0 spiro atoms. The highest BCUT2D eigenvalue weighted by molar-refractivity contribution is 6.21. The number of nitrogens with one attached hydrogen (secondary N) is 1. The molecule has 158 valence electrons. The van der Waals surface area contributed by atoms with Crippen molar-refractivity contribution in [2.75, 3.05) is 11.9 Å². The van der Waals surface area contributed by atoms with Crippen LogP contribution in [0.25, 0.3) is 22.6 Å². The van der Waals surface area contributed by atoms with Gasteiger partial charge in [-0.05, 0) is 42.8 Å². The molecule has 32 heavy (non-hydrogen) atoms. The molecular weight excluding hydrogens is 406 g/mol. The minimum atomic E-state index is -0.370. The number of imide groups is 1. The first-order valence-corrected chi connectivity index (χ1v) is 10.2. The summed E-state index contributed by atoms with van der Waals surface area (Å²) in [6.45, 7) is 2.00. The van der Waals surface area contributed by atoms with Gasteiger partial charge >= 0.3 is 0 Å². The van der Waals surface area contributed by atoms with E-state index in [1.165, 1.54) is 0 Å². The molecular formula is C25H19N3O4. The van der Waals surface area contributed by atoms with Gasteiger partial charge in [0.25, 0.3) is 11.8 Å². The summed E-state index contributed by atoms with van der Waals surface area (Å²) >= 11 is 0. The Labute approximate surface area is 183 Å². The first-order valence-electron chi connectivity index (χ1n) is 10.2. The second-order valence-corrected chi connectivity index (χ2v) is 7.62. The fourth-order valence-electron chi connectivity index (χ4n) is 3.81. The van der Waals surface area contributed by atoms with Crippen molar-refractivity contribution in [3.05, 3.63) is 83.4 Å². The van der Waals surface area contributed by atoms with E-state index in [1.54, 1.807) is 42.5 Å². The van der Waals surface area contributed by atoms with E-state index in [1.807, 2.05) is 31.2 Å². The van der Waals surface area contributed by atoms with Crippen LogP contribution in [0, 0.1) is 6.92 Å². The van der Waals surface area contributed by atoms with Gasteiger partial charge in [0, 0.05) is 30.3 Å². The molecule has 0 saturated heterocycles. The van der Waals surface area contributed by atoms with Gasteiger partial charge in [0.15, 0.2) is 5.58 Å². The molecule has 2 heterocycles. The Bertz CT molecular complexity index is 1350. The lowest BCUT2D eigenvalue weighted by Crippen LogP contribution is -2.32. The molecule has 7 heteroatoms. The normalized spacial score (nSPS) is 13.0. The number of rotatable bonds is 5. The summed E-state index contributed by atoms with van der Waals surface area (Å²) in [6, 6.07) is 19.7. The first kappa shape index (κ1) is 19.7. The van der Waals surface area contributed by atoms with Crippen LogP contribution >= 0.6 is 0 Å². The highest BCUT2D eigenvalue weighted by Gasteiger charge is 2.34. The average molecular weight is 425 g/mol. The molecule has 1 aliphatic heterocycles. The number of carbonyl (C=O) groups is 3. The molecule has 0 atom stereocenters. The number of oxazole rings is 1. The smallest absolute Gasteiger partial charge is 0.261 e. The van der Waals surface area contributed by atoms with E-state index in [0.29, 0.717) is 33.8 Å². The Morgan fingerprint density at radius 1 is 0.938 bits per heavy atom. The maximum Gasteiger partial charge on any atom is 0.261 e. The molecule has 4 aromatic rings. The zero-order valence-corrected chi connectivity index (χ0v) is 17.3. The third-order valence-corrected chi connectivity index (χ3v) is 5.49. The van der Waals surface area contributed by atoms with E-state index in [-0.39, 0.29) is 30.7 Å². The van der Waals surface area contributed by atoms with Crippen molar-refractivity contribution in [3.63, 3.8) is 0 Å². The number of fused-ring (bicyclic) bond motifs is 2. The van der Waals surface area contributed by atoms with Crippen LogP contribution in [0.4, 0.5) is 5.69 Å². The van der Waals surface area contributed by atoms with Gasteiger partial charge in [-0.25, -0.2) is 4.98 Å². The van der Waals surface area contributed by atoms with E-state index in [2.05, 4.69) is 10.3 Å². The number of benzene rings is 3. The Morgan fingerprint density at radius 2 is 1.59 bits per heavy atom. The van der Waals surface area contributed by atoms with Crippen molar-refractivity contribution < 1.29 is 18.8 Å². The molecule has 0 bridgehead atoms. The van der Waals surface area contributed by atoms with Crippen LogP contribution in [0.2, 0.25) is 0 Å². The average Bonchev–Trinajstić information content (AvgIpc) is 3.32. The second kappa shape index (κ2) is 7.77. The van der Waals surface area contributed by atoms with Crippen molar-refractivity contribution in [3.8, 4) is 11.5 Å². The summed E-state index contributed by atoms with van der Waals surface area (Å²) in [5, 5.41) is 2.79. The third kappa shape index (κ3) is 3.43. The van der Waals surface area contributed by atoms with E-state index in [4.69, 9.17) is 4.42 Å². The monoisotopic (exact) mass is 425 g/mol. The van der Waals surface area contributed by atoms with Crippen LogP contribution in [-0.4, -0.2) is 34.2 Å². The van der Waals surface area contributed by atoms with Gasteiger partial charge in [0.1, 0.15) is 5.52 Å². The molecule has 5 rings (SSSR count). The van der Waals surface area contributed by atoms with Crippen molar-refractivity contribution in [2.45, 2.75) is 13.3 Å². The Kier molecular flexibility index (Phi) is 4.78. The maximum absolute atomic E-state index is 12.5. The number of anilines is 1. The number of carbonyl (C=O) groups excluding carboxylic acids is 3. The summed E-state index contributed by atoms with van der Waals surface area (Å²) in [6.07, 6.45) is -0.00558. The van der Waals surface area contributed by atoms with Crippen molar-refractivity contribution in [1.29, 1.82) is 0 Å². The number of hydrogen-bond acceptors (Lipinski definition) is 5. The number of hydrogen-bond donors (Lipinski definition) is 1. The second-order valence-electron chi connectivity index (χ2n) is 7.62. The Morgan fingerprint density at radius 3 is 2.28 bits per heavy atom. The fraction of sp³-hybridized carbons (Fsp3) is 0.120. The Hall–Kier alpha value is -4.26. The van der Waals surface area contributed by atoms with E-state index in [9.17, 15) is 14.4 Å². The van der Waals surface area contributed by atoms with Gasteiger partial charge in [-0.2, -0.15) is 0 Å². The van der Waals surface area contributed by atoms with Gasteiger partial charge in [0.2, 0.25) is 11.8 Å². The molecule has 0 radical (unpaired) electrons. The molecule has 0 aliphatic carbocycles. The number of nitrogens with zero attached hydrogens (tertiary/aromatic N) is 2.